The number of carbonyl (C=O) groups excluding carboxylic acids is 1. The summed E-state index contributed by atoms with van der Waals surface area (Å²) in [6.45, 7) is -0.242. The van der Waals surface area contributed by atoms with Crippen molar-refractivity contribution in [2.45, 2.75) is 6.54 Å². The number of ketones is 1. The molecule has 21 heavy (non-hydrogen) atoms. The van der Waals surface area contributed by atoms with Gasteiger partial charge in [-0.15, -0.1) is 4.39 Å². The predicted octanol–water partition coefficient (Wildman–Crippen LogP) is 3.29. The molecule has 0 radical (unpaired) electrons. The number of halogens is 2. The van der Waals surface area contributed by atoms with E-state index in [0.717, 1.165) is 10.6 Å². The summed E-state index contributed by atoms with van der Waals surface area (Å²) >= 11 is 0. The molecule has 0 amide bonds. The normalized spacial score (nSPS) is 10.8. The van der Waals surface area contributed by atoms with Crippen LogP contribution >= 0.6 is 0 Å². The Balaban J connectivity index is 2.08. The zero-order valence-electron chi connectivity index (χ0n) is 11.1. The lowest BCUT2D eigenvalue weighted by Crippen LogP contribution is -2.43. The van der Waals surface area contributed by atoms with Crippen LogP contribution in [0.4, 0.5) is 8.78 Å². The van der Waals surface area contributed by atoms with E-state index in [1.54, 1.807) is 54.6 Å². The first kappa shape index (κ1) is 13.4. The molecule has 0 fully saturated rings. The smallest absolute Gasteiger partial charge is 0.287 e. The minimum absolute atomic E-state index is 0.242. The van der Waals surface area contributed by atoms with Crippen LogP contribution in [0.3, 0.4) is 0 Å². The number of aromatic nitrogens is 1. The van der Waals surface area contributed by atoms with E-state index in [2.05, 4.69) is 0 Å². The Morgan fingerprint density at radius 1 is 0.952 bits per heavy atom. The maximum atomic E-state index is 14.0. The van der Waals surface area contributed by atoms with Crippen LogP contribution in [0.15, 0.2) is 60.7 Å². The minimum Gasteiger partial charge on any atom is -0.287 e. The average molecular weight is 284 g/mol. The van der Waals surface area contributed by atoms with Gasteiger partial charge in [0.15, 0.2) is 0 Å². The monoisotopic (exact) mass is 284 g/mol. The van der Waals surface area contributed by atoms with Crippen molar-refractivity contribution in [3.05, 3.63) is 78.0 Å². The molecule has 0 unspecified atom stereocenters. The van der Waals surface area contributed by atoms with Crippen LogP contribution in [0.25, 0.3) is 10.9 Å². The van der Waals surface area contributed by atoms with Crippen LogP contribution in [0.1, 0.15) is 10.4 Å². The Hall–Kier alpha value is -2.62. The van der Waals surface area contributed by atoms with Crippen LogP contribution < -0.4 is 4.57 Å². The van der Waals surface area contributed by atoms with E-state index in [1.807, 2.05) is 0 Å². The lowest BCUT2D eigenvalue weighted by molar-refractivity contribution is -0.687. The standard InChI is InChI=1S/C17H12F2NO/c18-14-10-13-8-4-5-9-15(13)20(17(14)19)11-16(21)12-6-2-1-3-7-12/h1-10H,11H2/q+1. The van der Waals surface area contributed by atoms with Gasteiger partial charge in [0.25, 0.3) is 0 Å². The molecule has 2 aromatic carbocycles. The number of para-hydroxylation sites is 1. The van der Waals surface area contributed by atoms with E-state index in [-0.39, 0.29) is 12.3 Å². The lowest BCUT2D eigenvalue weighted by atomic mass is 10.1. The van der Waals surface area contributed by atoms with Crippen LogP contribution in [-0.2, 0) is 6.54 Å². The summed E-state index contributed by atoms with van der Waals surface area (Å²) in [4.78, 5) is 12.2. The summed E-state index contributed by atoms with van der Waals surface area (Å²) in [5.41, 5.74) is 0.957. The van der Waals surface area contributed by atoms with Gasteiger partial charge < -0.3 is 0 Å². The van der Waals surface area contributed by atoms with E-state index in [4.69, 9.17) is 0 Å². The van der Waals surface area contributed by atoms with Gasteiger partial charge in [0, 0.05) is 17.0 Å². The van der Waals surface area contributed by atoms with Crippen molar-refractivity contribution in [3.8, 4) is 0 Å². The van der Waals surface area contributed by atoms with Gasteiger partial charge in [-0.05, 0) is 12.1 Å². The number of carbonyl (C=O) groups is 1. The van der Waals surface area contributed by atoms with Gasteiger partial charge in [-0.2, -0.15) is 8.96 Å². The Labute approximate surface area is 120 Å². The zero-order valence-corrected chi connectivity index (χ0v) is 11.1. The number of Topliss-reactive ketones (excluding diaryl/α,β-unsaturated/α-hetero) is 1. The molecule has 0 saturated heterocycles. The maximum absolute atomic E-state index is 14.0. The molecule has 0 N–H and O–H groups in total. The quantitative estimate of drug-likeness (QED) is 0.411. The fourth-order valence-corrected chi connectivity index (χ4v) is 2.30. The highest BCUT2D eigenvalue weighted by Gasteiger charge is 2.24. The van der Waals surface area contributed by atoms with Crippen molar-refractivity contribution >= 4 is 16.7 Å². The Morgan fingerprint density at radius 2 is 1.62 bits per heavy atom. The third-order valence-corrected chi connectivity index (χ3v) is 3.34. The van der Waals surface area contributed by atoms with Crippen molar-refractivity contribution in [2.24, 2.45) is 0 Å². The number of fused-ring (bicyclic) bond motifs is 1. The van der Waals surface area contributed by atoms with Crippen molar-refractivity contribution in [2.75, 3.05) is 0 Å². The van der Waals surface area contributed by atoms with Gasteiger partial charge in [0.1, 0.15) is 0 Å². The molecule has 0 aliphatic rings. The first-order valence-corrected chi connectivity index (χ1v) is 6.51. The first-order valence-electron chi connectivity index (χ1n) is 6.51. The van der Waals surface area contributed by atoms with Gasteiger partial charge in [0.2, 0.25) is 23.7 Å². The Morgan fingerprint density at radius 3 is 2.38 bits per heavy atom. The summed E-state index contributed by atoms with van der Waals surface area (Å²) in [5.74, 6) is -2.26. The molecular weight excluding hydrogens is 272 g/mol. The largest absolute Gasteiger partial charge is 0.396 e. The minimum atomic E-state index is -1.03. The van der Waals surface area contributed by atoms with E-state index in [1.165, 1.54) is 0 Å². The lowest BCUT2D eigenvalue weighted by Gasteiger charge is -2.03. The molecule has 1 heterocycles. The van der Waals surface area contributed by atoms with Crippen LogP contribution in [0.5, 0.6) is 0 Å². The number of hydrogen-bond donors (Lipinski definition) is 0. The van der Waals surface area contributed by atoms with Gasteiger partial charge >= 0.3 is 5.95 Å². The van der Waals surface area contributed by atoms with Crippen molar-refractivity contribution in [3.63, 3.8) is 0 Å². The molecule has 104 valence electrons. The molecule has 4 heteroatoms. The molecular formula is C17H12F2NO+. The topological polar surface area (TPSA) is 20.9 Å². The molecule has 0 saturated carbocycles. The van der Waals surface area contributed by atoms with Gasteiger partial charge in [-0.25, -0.2) is 0 Å². The molecule has 2 nitrogen and oxygen atoms in total. The average Bonchev–Trinajstić information content (AvgIpc) is 2.52. The zero-order chi connectivity index (χ0) is 14.8. The number of benzene rings is 2. The molecule has 0 aliphatic heterocycles. The second-order valence-electron chi connectivity index (χ2n) is 4.72. The first-order chi connectivity index (χ1) is 10.2. The van der Waals surface area contributed by atoms with E-state index in [0.29, 0.717) is 16.5 Å². The molecule has 0 bridgehead atoms. The Bertz CT molecular complexity index is 816. The van der Waals surface area contributed by atoms with E-state index in [9.17, 15) is 13.6 Å². The highest BCUT2D eigenvalue weighted by molar-refractivity contribution is 5.95. The third-order valence-electron chi connectivity index (χ3n) is 3.34. The molecule has 3 aromatic rings. The number of pyridine rings is 1. The molecule has 0 spiro atoms. The van der Waals surface area contributed by atoms with Crippen molar-refractivity contribution in [1.82, 2.24) is 0 Å². The third kappa shape index (κ3) is 2.52. The summed E-state index contributed by atoms with van der Waals surface area (Å²) in [6, 6.07) is 16.5. The molecule has 0 atom stereocenters. The summed E-state index contributed by atoms with van der Waals surface area (Å²) in [7, 11) is 0. The number of rotatable bonds is 3. The predicted molar refractivity (Wildman–Crippen MR) is 74.8 cm³/mol. The Kier molecular flexibility index (Phi) is 3.44. The van der Waals surface area contributed by atoms with Crippen LogP contribution in [0.2, 0.25) is 0 Å². The van der Waals surface area contributed by atoms with Crippen molar-refractivity contribution < 1.29 is 18.1 Å². The molecule has 3 rings (SSSR count). The van der Waals surface area contributed by atoms with Crippen molar-refractivity contribution in [1.29, 1.82) is 0 Å². The maximum Gasteiger partial charge on any atom is 0.396 e. The second kappa shape index (κ2) is 5.40. The van der Waals surface area contributed by atoms with Gasteiger partial charge in [-0.1, -0.05) is 42.5 Å². The van der Waals surface area contributed by atoms with Gasteiger partial charge in [0.05, 0.1) is 0 Å². The summed E-state index contributed by atoms with van der Waals surface area (Å²) in [6.07, 6.45) is 0. The summed E-state index contributed by atoms with van der Waals surface area (Å²) in [5, 5.41) is 0.553. The summed E-state index contributed by atoms with van der Waals surface area (Å²) < 4.78 is 28.8. The van der Waals surface area contributed by atoms with Crippen LogP contribution in [0, 0.1) is 11.8 Å². The number of hydrogen-bond acceptors (Lipinski definition) is 1. The second-order valence-corrected chi connectivity index (χ2v) is 4.72. The van der Waals surface area contributed by atoms with Crippen LogP contribution in [-0.4, -0.2) is 5.78 Å². The SMILES string of the molecule is O=C(C[n+]1c(F)c(F)cc2ccccc21)c1ccccc1. The van der Waals surface area contributed by atoms with E-state index < -0.39 is 11.8 Å². The highest BCUT2D eigenvalue weighted by atomic mass is 19.2. The molecule has 1 aromatic heterocycles. The number of nitrogens with zero attached hydrogens (tertiary/aromatic N) is 1. The fourth-order valence-electron chi connectivity index (χ4n) is 2.30. The fraction of sp³-hybridized carbons (Fsp3) is 0.0588. The molecule has 0 aliphatic carbocycles. The van der Waals surface area contributed by atoms with E-state index >= 15 is 0 Å². The van der Waals surface area contributed by atoms with Gasteiger partial charge in [-0.3, -0.25) is 4.79 Å². The highest BCUT2D eigenvalue weighted by Crippen LogP contribution is 2.13.